The largest absolute Gasteiger partial charge is 0.463 e. The molecule has 0 saturated heterocycles. The van der Waals surface area contributed by atoms with E-state index in [0.717, 1.165) is 16.8 Å². The molecule has 1 spiro atoms. The Labute approximate surface area is 237 Å². The average Bonchev–Trinajstić information content (AvgIpc) is 3.13. The summed E-state index contributed by atoms with van der Waals surface area (Å²) in [7, 11) is 0. The fourth-order valence-electron chi connectivity index (χ4n) is 5.31. The SMILES string of the molecule is C=C(C)C(=O)OCCOC(=O)c1ccc(CN2c3ccccc3C(C)(C)C23C=Cc2cc([N+](=O)[O-])ccc2O3)cc1. The lowest BCUT2D eigenvalue weighted by Gasteiger charge is -2.47. The molecular formula is C32H30N2O7. The molecule has 0 N–H and O–H groups in total. The maximum Gasteiger partial charge on any atom is 0.338 e. The van der Waals surface area contributed by atoms with Gasteiger partial charge in [-0.3, -0.25) is 10.1 Å². The molecule has 9 nitrogen and oxygen atoms in total. The Bertz CT molecular complexity index is 1580. The zero-order chi connectivity index (χ0) is 29.4. The van der Waals surface area contributed by atoms with Crippen molar-refractivity contribution in [2.24, 2.45) is 0 Å². The quantitative estimate of drug-likeness (QED) is 0.110. The van der Waals surface area contributed by atoms with Gasteiger partial charge < -0.3 is 19.1 Å². The first-order valence-electron chi connectivity index (χ1n) is 13.2. The van der Waals surface area contributed by atoms with Crippen molar-refractivity contribution in [3.63, 3.8) is 0 Å². The van der Waals surface area contributed by atoms with Gasteiger partial charge in [0.2, 0.25) is 5.72 Å². The number of anilines is 1. The van der Waals surface area contributed by atoms with E-state index in [1.165, 1.54) is 12.1 Å². The van der Waals surface area contributed by atoms with Crippen LogP contribution in [0.3, 0.4) is 0 Å². The number of nitro groups is 1. The number of benzene rings is 3. The molecule has 9 heteroatoms. The summed E-state index contributed by atoms with van der Waals surface area (Å²) in [5, 5.41) is 11.3. The molecule has 0 radical (unpaired) electrons. The number of nitro benzene ring substituents is 1. The first kappa shape index (κ1) is 27.6. The van der Waals surface area contributed by atoms with Gasteiger partial charge >= 0.3 is 11.9 Å². The lowest BCUT2D eigenvalue weighted by molar-refractivity contribution is -0.384. The molecular weight excluding hydrogens is 524 g/mol. The van der Waals surface area contributed by atoms with E-state index >= 15 is 0 Å². The van der Waals surface area contributed by atoms with Crippen LogP contribution in [0.15, 0.2) is 85.0 Å². The molecule has 0 saturated carbocycles. The van der Waals surface area contributed by atoms with Crippen LogP contribution >= 0.6 is 0 Å². The second-order valence-corrected chi connectivity index (χ2v) is 10.6. The van der Waals surface area contributed by atoms with E-state index in [-0.39, 0.29) is 24.5 Å². The van der Waals surface area contributed by atoms with Crippen LogP contribution in [0.5, 0.6) is 5.75 Å². The maximum absolute atomic E-state index is 12.5. The predicted molar refractivity (Wildman–Crippen MR) is 154 cm³/mol. The Morgan fingerprint density at radius 2 is 1.73 bits per heavy atom. The minimum Gasteiger partial charge on any atom is -0.463 e. The molecule has 3 aromatic carbocycles. The molecule has 2 aliphatic heterocycles. The zero-order valence-electron chi connectivity index (χ0n) is 23.1. The van der Waals surface area contributed by atoms with E-state index in [2.05, 4.69) is 37.5 Å². The van der Waals surface area contributed by atoms with Gasteiger partial charge in [-0.25, -0.2) is 9.59 Å². The van der Waals surface area contributed by atoms with Crippen LogP contribution in [0.1, 0.15) is 47.8 Å². The number of nitrogens with zero attached hydrogens (tertiary/aromatic N) is 2. The van der Waals surface area contributed by atoms with Crippen molar-refractivity contribution in [1.29, 1.82) is 0 Å². The number of hydrogen-bond acceptors (Lipinski definition) is 8. The van der Waals surface area contributed by atoms with Crippen LogP contribution in [0, 0.1) is 10.1 Å². The summed E-state index contributed by atoms with van der Waals surface area (Å²) in [6, 6.07) is 19.9. The minimum absolute atomic E-state index is 0.00488. The van der Waals surface area contributed by atoms with Crippen molar-refractivity contribution in [3.8, 4) is 5.75 Å². The lowest BCUT2D eigenvalue weighted by Crippen LogP contribution is -2.59. The van der Waals surface area contributed by atoms with Crippen molar-refractivity contribution in [2.45, 2.75) is 38.5 Å². The molecule has 3 aromatic rings. The highest BCUT2D eigenvalue weighted by Gasteiger charge is 2.58. The second kappa shape index (κ2) is 10.6. The number of rotatable bonds is 8. The Kier molecular flexibility index (Phi) is 7.13. The first-order valence-corrected chi connectivity index (χ1v) is 13.2. The highest BCUT2D eigenvalue weighted by Crippen LogP contribution is 2.55. The Morgan fingerprint density at radius 1 is 1.02 bits per heavy atom. The molecule has 0 aromatic heterocycles. The number of ether oxygens (including phenoxy) is 3. The molecule has 0 bridgehead atoms. The lowest BCUT2D eigenvalue weighted by atomic mass is 9.76. The van der Waals surface area contributed by atoms with Crippen LogP contribution in [-0.4, -0.2) is 35.8 Å². The Morgan fingerprint density at radius 3 is 2.44 bits per heavy atom. The van der Waals surface area contributed by atoms with Gasteiger partial charge in [-0.15, -0.1) is 0 Å². The van der Waals surface area contributed by atoms with Gasteiger partial charge in [-0.05, 0) is 68.3 Å². The molecule has 0 amide bonds. The van der Waals surface area contributed by atoms with Crippen LogP contribution in [-0.2, 0) is 26.2 Å². The fraction of sp³-hybridized carbons (Fsp3) is 0.250. The molecule has 0 aliphatic carbocycles. The van der Waals surface area contributed by atoms with Crippen LogP contribution in [0.25, 0.3) is 6.08 Å². The Balaban J connectivity index is 1.38. The molecule has 1 unspecified atom stereocenters. The second-order valence-electron chi connectivity index (χ2n) is 10.6. The summed E-state index contributed by atoms with van der Waals surface area (Å²) in [4.78, 5) is 37.0. The van der Waals surface area contributed by atoms with Gasteiger partial charge in [0, 0.05) is 35.5 Å². The summed E-state index contributed by atoms with van der Waals surface area (Å²) in [5.74, 6) is -0.483. The van der Waals surface area contributed by atoms with Gasteiger partial charge in [0.15, 0.2) is 0 Å². The fourth-order valence-corrected chi connectivity index (χ4v) is 5.31. The number of non-ortho nitro benzene ring substituents is 1. The number of fused-ring (bicyclic) bond motifs is 2. The van der Waals surface area contributed by atoms with Crippen molar-refractivity contribution in [2.75, 3.05) is 18.1 Å². The summed E-state index contributed by atoms with van der Waals surface area (Å²) >= 11 is 0. The Hall–Kier alpha value is -4.92. The van der Waals surface area contributed by atoms with Crippen molar-refractivity contribution < 1.29 is 28.7 Å². The highest BCUT2D eigenvalue weighted by molar-refractivity contribution is 5.89. The topological polar surface area (TPSA) is 108 Å². The van der Waals surface area contributed by atoms with E-state index < -0.39 is 28.0 Å². The van der Waals surface area contributed by atoms with Gasteiger partial charge in [-0.1, -0.05) is 36.9 Å². The van der Waals surface area contributed by atoms with Gasteiger partial charge in [-0.2, -0.15) is 0 Å². The third kappa shape index (κ3) is 4.95. The number of esters is 2. The van der Waals surface area contributed by atoms with Crippen LogP contribution in [0.2, 0.25) is 0 Å². The highest BCUT2D eigenvalue weighted by atomic mass is 16.6. The third-order valence-electron chi connectivity index (χ3n) is 7.55. The van der Waals surface area contributed by atoms with Crippen molar-refractivity contribution in [1.82, 2.24) is 0 Å². The number of carbonyl (C=O) groups is 2. The molecule has 1 atom stereocenters. The van der Waals surface area contributed by atoms with Crippen molar-refractivity contribution >= 4 is 29.4 Å². The monoisotopic (exact) mass is 554 g/mol. The third-order valence-corrected chi connectivity index (χ3v) is 7.55. The van der Waals surface area contributed by atoms with E-state index in [1.54, 1.807) is 25.1 Å². The molecule has 41 heavy (non-hydrogen) atoms. The number of carbonyl (C=O) groups excluding carboxylic acids is 2. The van der Waals surface area contributed by atoms with Gasteiger partial charge in [0.05, 0.1) is 15.9 Å². The minimum atomic E-state index is -0.904. The number of para-hydroxylation sites is 1. The normalized spacial score (nSPS) is 17.8. The summed E-state index contributed by atoms with van der Waals surface area (Å²) < 4.78 is 16.9. The maximum atomic E-state index is 12.5. The summed E-state index contributed by atoms with van der Waals surface area (Å²) in [6.45, 7) is 9.66. The van der Waals surface area contributed by atoms with E-state index in [1.807, 2.05) is 36.4 Å². The van der Waals surface area contributed by atoms with E-state index in [9.17, 15) is 19.7 Å². The molecule has 2 aliphatic rings. The van der Waals surface area contributed by atoms with Crippen LogP contribution < -0.4 is 9.64 Å². The average molecular weight is 555 g/mol. The van der Waals surface area contributed by atoms with Gasteiger partial charge in [0.25, 0.3) is 5.69 Å². The summed E-state index contributed by atoms with van der Waals surface area (Å²) in [5.41, 5.74) is 2.99. The van der Waals surface area contributed by atoms with Crippen LogP contribution in [0.4, 0.5) is 11.4 Å². The smallest absolute Gasteiger partial charge is 0.338 e. The molecule has 5 rings (SSSR count). The molecule has 2 heterocycles. The predicted octanol–water partition coefficient (Wildman–Crippen LogP) is 5.97. The summed E-state index contributed by atoms with van der Waals surface area (Å²) in [6.07, 6.45) is 3.87. The van der Waals surface area contributed by atoms with E-state index in [4.69, 9.17) is 14.2 Å². The zero-order valence-corrected chi connectivity index (χ0v) is 23.1. The molecule has 210 valence electrons. The van der Waals surface area contributed by atoms with E-state index in [0.29, 0.717) is 23.4 Å². The van der Waals surface area contributed by atoms with Gasteiger partial charge in [0.1, 0.15) is 19.0 Å². The number of hydrogen-bond donors (Lipinski definition) is 0. The van der Waals surface area contributed by atoms with Crippen molar-refractivity contribution in [3.05, 3.63) is 117 Å². The first-order chi connectivity index (χ1) is 19.5. The standard InChI is InChI=1S/C32H30N2O7/c1-21(2)29(35)39-17-18-40-30(36)23-11-9-22(10-12-23)20-33-27-8-6-5-7-26(27)31(3,4)32(33)16-15-24-19-25(34(37)38)13-14-28(24)41-32/h5-16,19H,1,17-18,20H2,2-4H3. The molecule has 0 fully saturated rings.